The van der Waals surface area contributed by atoms with Crippen LogP contribution in [-0.2, 0) is 0 Å². The van der Waals surface area contributed by atoms with Gasteiger partial charge in [0.1, 0.15) is 0 Å². The molecular weight excluding hydrogens is 296 g/mol. The van der Waals surface area contributed by atoms with Gasteiger partial charge in [0.2, 0.25) is 0 Å². The van der Waals surface area contributed by atoms with Crippen LogP contribution in [0.1, 0.15) is 42.5 Å². The summed E-state index contributed by atoms with van der Waals surface area (Å²) in [6.45, 7) is 2.35. The van der Waals surface area contributed by atoms with Gasteiger partial charge in [0.05, 0.1) is 0 Å². The number of hydrogen-bond donors (Lipinski definition) is 1. The molecule has 0 spiro atoms. The van der Waals surface area contributed by atoms with Crippen LogP contribution >= 0.6 is 11.6 Å². The first-order valence-corrected chi connectivity index (χ1v) is 8.89. The van der Waals surface area contributed by atoms with Crippen LogP contribution in [0.25, 0.3) is 0 Å². The van der Waals surface area contributed by atoms with Crippen molar-refractivity contribution in [2.24, 2.45) is 11.8 Å². The van der Waals surface area contributed by atoms with E-state index in [-0.39, 0.29) is 5.91 Å². The number of carbonyl (C=O) groups is 1. The number of halogens is 1. The van der Waals surface area contributed by atoms with Crippen LogP contribution in [0, 0.1) is 11.8 Å². The van der Waals surface area contributed by atoms with Crippen molar-refractivity contribution in [3.63, 3.8) is 0 Å². The molecule has 1 aliphatic heterocycles. The Morgan fingerprint density at radius 3 is 2.27 bits per heavy atom. The normalized spacial score (nSPS) is 31.8. The van der Waals surface area contributed by atoms with E-state index in [1.54, 1.807) is 12.1 Å². The van der Waals surface area contributed by atoms with E-state index in [0.29, 0.717) is 28.5 Å². The predicted octanol–water partition coefficient (Wildman–Crippen LogP) is 3.33. The molecule has 4 heteroatoms. The SMILES string of the molecule is O=C(NC1[C@@H]2CCC[C@@H]1CN(C1CC1)C2)c1ccc(Cl)cc1. The standard InChI is InChI=1S/C18H23ClN2O/c19-15-6-4-12(5-7-15)18(22)20-17-13-2-1-3-14(17)11-21(10-13)16-8-9-16/h4-7,13-14,16-17H,1-3,8-11H2,(H,20,22)/t13-,14-/m1/s1. The third-order valence-electron chi connectivity index (χ3n) is 5.57. The zero-order valence-corrected chi connectivity index (χ0v) is 13.6. The Balaban J connectivity index is 1.45. The second kappa shape index (κ2) is 5.86. The van der Waals surface area contributed by atoms with Gasteiger partial charge in [-0.2, -0.15) is 0 Å². The summed E-state index contributed by atoms with van der Waals surface area (Å²) in [5, 5.41) is 4.00. The molecule has 0 unspecified atom stereocenters. The van der Waals surface area contributed by atoms with E-state index < -0.39 is 0 Å². The monoisotopic (exact) mass is 318 g/mol. The van der Waals surface area contributed by atoms with E-state index in [1.807, 2.05) is 12.1 Å². The second-order valence-electron chi connectivity index (χ2n) is 7.14. The number of fused-ring (bicyclic) bond motifs is 2. The topological polar surface area (TPSA) is 32.3 Å². The number of rotatable bonds is 3. The Labute approximate surface area is 137 Å². The van der Waals surface area contributed by atoms with Gasteiger partial charge in [-0.1, -0.05) is 18.0 Å². The van der Waals surface area contributed by atoms with Crippen LogP contribution in [-0.4, -0.2) is 36.0 Å². The molecule has 0 radical (unpaired) electrons. The predicted molar refractivity (Wildman–Crippen MR) is 88.1 cm³/mol. The highest BCUT2D eigenvalue weighted by Crippen LogP contribution is 2.39. The van der Waals surface area contributed by atoms with Gasteiger partial charge in [-0.05, 0) is 61.8 Å². The van der Waals surface area contributed by atoms with Crippen LogP contribution in [0.4, 0.5) is 0 Å². The minimum Gasteiger partial charge on any atom is -0.349 e. The van der Waals surface area contributed by atoms with Crippen molar-refractivity contribution in [3.8, 4) is 0 Å². The van der Waals surface area contributed by atoms with E-state index in [2.05, 4.69) is 10.2 Å². The largest absolute Gasteiger partial charge is 0.349 e. The van der Waals surface area contributed by atoms with Gasteiger partial charge < -0.3 is 5.32 Å². The fourth-order valence-corrected chi connectivity index (χ4v) is 4.41. The molecule has 1 N–H and O–H groups in total. The lowest BCUT2D eigenvalue weighted by atomic mass is 9.73. The first-order valence-electron chi connectivity index (χ1n) is 8.51. The molecule has 1 heterocycles. The molecule has 3 aliphatic rings. The highest BCUT2D eigenvalue weighted by atomic mass is 35.5. The van der Waals surface area contributed by atoms with Crippen LogP contribution < -0.4 is 5.32 Å². The lowest BCUT2D eigenvalue weighted by Gasteiger charge is -2.47. The van der Waals surface area contributed by atoms with E-state index in [9.17, 15) is 4.79 Å². The summed E-state index contributed by atoms with van der Waals surface area (Å²) >= 11 is 5.90. The summed E-state index contributed by atoms with van der Waals surface area (Å²) in [4.78, 5) is 15.2. The lowest BCUT2D eigenvalue weighted by Crippen LogP contribution is -2.58. The van der Waals surface area contributed by atoms with Gasteiger partial charge in [-0.25, -0.2) is 0 Å². The van der Waals surface area contributed by atoms with Crippen molar-refractivity contribution in [2.75, 3.05) is 13.1 Å². The van der Waals surface area contributed by atoms with Crippen molar-refractivity contribution >= 4 is 17.5 Å². The number of nitrogens with one attached hydrogen (secondary N) is 1. The average Bonchev–Trinajstić information content (AvgIpc) is 3.32. The Hall–Kier alpha value is -1.06. The molecule has 3 fully saturated rings. The van der Waals surface area contributed by atoms with Gasteiger partial charge in [0, 0.05) is 35.8 Å². The molecule has 1 aromatic carbocycles. The fraction of sp³-hybridized carbons (Fsp3) is 0.611. The molecule has 1 aromatic rings. The molecule has 1 amide bonds. The number of nitrogens with zero attached hydrogens (tertiary/aromatic N) is 1. The van der Waals surface area contributed by atoms with Crippen LogP contribution in [0.15, 0.2) is 24.3 Å². The Bertz CT molecular complexity index is 541. The molecular formula is C18H23ClN2O. The summed E-state index contributed by atoms with van der Waals surface area (Å²) in [5.41, 5.74) is 0.715. The maximum Gasteiger partial charge on any atom is 0.251 e. The maximum absolute atomic E-state index is 12.5. The van der Waals surface area contributed by atoms with Gasteiger partial charge in [0.25, 0.3) is 5.91 Å². The molecule has 0 aromatic heterocycles. The molecule has 4 rings (SSSR count). The molecule has 118 valence electrons. The summed E-state index contributed by atoms with van der Waals surface area (Å²) in [5.74, 6) is 1.31. The zero-order chi connectivity index (χ0) is 15.1. The average molecular weight is 319 g/mol. The van der Waals surface area contributed by atoms with Crippen molar-refractivity contribution in [3.05, 3.63) is 34.9 Å². The van der Waals surface area contributed by atoms with Crippen molar-refractivity contribution in [1.29, 1.82) is 0 Å². The number of likely N-dealkylation sites (tertiary alicyclic amines) is 1. The minimum atomic E-state index is 0.0541. The summed E-state index contributed by atoms with van der Waals surface area (Å²) in [6.07, 6.45) is 6.58. The van der Waals surface area contributed by atoms with Crippen LogP contribution in [0.3, 0.4) is 0 Å². The van der Waals surface area contributed by atoms with E-state index in [1.165, 1.54) is 45.2 Å². The maximum atomic E-state index is 12.5. The molecule has 2 atom stereocenters. The molecule has 22 heavy (non-hydrogen) atoms. The Morgan fingerprint density at radius 1 is 1.05 bits per heavy atom. The smallest absolute Gasteiger partial charge is 0.251 e. The summed E-state index contributed by atoms with van der Waals surface area (Å²) in [6, 6.07) is 8.39. The molecule has 2 aliphatic carbocycles. The number of hydrogen-bond acceptors (Lipinski definition) is 2. The molecule has 1 saturated heterocycles. The number of piperidine rings is 1. The highest BCUT2D eigenvalue weighted by molar-refractivity contribution is 6.30. The van der Waals surface area contributed by atoms with Crippen molar-refractivity contribution in [1.82, 2.24) is 10.2 Å². The zero-order valence-electron chi connectivity index (χ0n) is 12.8. The second-order valence-corrected chi connectivity index (χ2v) is 7.58. The minimum absolute atomic E-state index is 0.0541. The first kappa shape index (κ1) is 14.5. The van der Waals surface area contributed by atoms with E-state index in [4.69, 9.17) is 11.6 Å². The highest BCUT2D eigenvalue weighted by Gasteiger charge is 2.43. The van der Waals surface area contributed by atoms with Gasteiger partial charge in [0.15, 0.2) is 0 Å². The number of carbonyl (C=O) groups excluding carboxylic acids is 1. The van der Waals surface area contributed by atoms with E-state index >= 15 is 0 Å². The molecule has 2 bridgehead atoms. The van der Waals surface area contributed by atoms with Crippen LogP contribution in [0.5, 0.6) is 0 Å². The number of benzene rings is 1. The molecule has 3 nitrogen and oxygen atoms in total. The van der Waals surface area contributed by atoms with Gasteiger partial charge in [-0.15, -0.1) is 0 Å². The summed E-state index contributed by atoms with van der Waals surface area (Å²) < 4.78 is 0. The van der Waals surface area contributed by atoms with Crippen LogP contribution in [0.2, 0.25) is 5.02 Å². The van der Waals surface area contributed by atoms with Crippen molar-refractivity contribution < 1.29 is 4.79 Å². The van der Waals surface area contributed by atoms with Gasteiger partial charge >= 0.3 is 0 Å². The van der Waals surface area contributed by atoms with Crippen molar-refractivity contribution in [2.45, 2.75) is 44.2 Å². The third kappa shape index (κ3) is 2.89. The Morgan fingerprint density at radius 2 is 1.68 bits per heavy atom. The van der Waals surface area contributed by atoms with Gasteiger partial charge in [-0.3, -0.25) is 9.69 Å². The first-order chi connectivity index (χ1) is 10.7. The summed E-state index contributed by atoms with van der Waals surface area (Å²) in [7, 11) is 0. The Kier molecular flexibility index (Phi) is 3.87. The fourth-order valence-electron chi connectivity index (χ4n) is 4.28. The quantitative estimate of drug-likeness (QED) is 0.927. The lowest BCUT2D eigenvalue weighted by molar-refractivity contribution is 0.0389. The third-order valence-corrected chi connectivity index (χ3v) is 5.82. The molecule has 2 saturated carbocycles. The van der Waals surface area contributed by atoms with E-state index in [0.717, 1.165) is 6.04 Å². The number of amides is 1.